The van der Waals surface area contributed by atoms with E-state index < -0.39 is 10.2 Å². The zero-order valence-corrected chi connectivity index (χ0v) is 12.6. The van der Waals surface area contributed by atoms with Crippen molar-refractivity contribution in [1.82, 2.24) is 9.03 Å². The van der Waals surface area contributed by atoms with Gasteiger partial charge in [-0.2, -0.15) is 12.7 Å². The fraction of sp³-hybridized carbons (Fsp3) is 0.500. The number of benzene rings is 1. The average molecular weight is 312 g/mol. The third-order valence-electron chi connectivity index (χ3n) is 3.32. The first-order chi connectivity index (χ1) is 10.1. The van der Waals surface area contributed by atoms with Gasteiger partial charge in [-0.1, -0.05) is 0 Å². The third kappa shape index (κ3) is 4.80. The van der Waals surface area contributed by atoms with Crippen LogP contribution in [0.3, 0.4) is 0 Å². The van der Waals surface area contributed by atoms with Crippen molar-refractivity contribution in [2.24, 2.45) is 0 Å². The molecule has 7 heteroatoms. The minimum atomic E-state index is -3.21. The van der Waals surface area contributed by atoms with E-state index >= 15 is 0 Å². The summed E-state index contributed by atoms with van der Waals surface area (Å²) in [5.41, 5.74) is 0.628. The molecule has 116 valence electrons. The highest BCUT2D eigenvalue weighted by atomic mass is 32.2. The Morgan fingerprint density at radius 3 is 2.57 bits per heavy atom. The minimum absolute atomic E-state index is 0.502. The number of carbonyl (C=O) groups excluding carboxylic acids is 1. The van der Waals surface area contributed by atoms with E-state index in [0.29, 0.717) is 31.8 Å². The minimum Gasteiger partial charge on any atom is -0.494 e. The molecule has 1 saturated heterocycles. The summed E-state index contributed by atoms with van der Waals surface area (Å²) in [5, 5.41) is 0. The topological polar surface area (TPSA) is 75.7 Å². The zero-order valence-electron chi connectivity index (χ0n) is 11.8. The van der Waals surface area contributed by atoms with Gasteiger partial charge in [0, 0.05) is 25.2 Å². The molecule has 0 amide bonds. The third-order valence-corrected chi connectivity index (χ3v) is 4.94. The van der Waals surface area contributed by atoms with Gasteiger partial charge in [-0.05, 0) is 43.5 Å². The Morgan fingerprint density at radius 1 is 1.19 bits per heavy atom. The first-order valence-electron chi connectivity index (χ1n) is 7.04. The van der Waals surface area contributed by atoms with Gasteiger partial charge in [-0.3, -0.25) is 4.79 Å². The molecule has 0 atom stereocenters. The van der Waals surface area contributed by atoms with Gasteiger partial charge in [0.1, 0.15) is 12.0 Å². The highest BCUT2D eigenvalue weighted by Crippen LogP contribution is 2.12. The van der Waals surface area contributed by atoms with Crippen LogP contribution < -0.4 is 9.46 Å². The summed E-state index contributed by atoms with van der Waals surface area (Å²) in [6.45, 7) is 2.21. The molecule has 1 aromatic carbocycles. The van der Waals surface area contributed by atoms with Crippen molar-refractivity contribution in [3.05, 3.63) is 29.8 Å². The Bertz CT molecular complexity index is 557. The van der Waals surface area contributed by atoms with Crippen molar-refractivity contribution in [2.75, 3.05) is 26.2 Å². The Kier molecular flexibility index (Phi) is 5.72. The molecule has 1 fully saturated rings. The monoisotopic (exact) mass is 312 g/mol. The van der Waals surface area contributed by atoms with E-state index in [4.69, 9.17) is 4.74 Å². The first-order valence-corrected chi connectivity index (χ1v) is 8.48. The molecule has 0 aromatic heterocycles. The highest BCUT2D eigenvalue weighted by molar-refractivity contribution is 7.87. The van der Waals surface area contributed by atoms with Gasteiger partial charge in [0.15, 0.2) is 0 Å². The Morgan fingerprint density at radius 2 is 1.95 bits per heavy atom. The van der Waals surface area contributed by atoms with E-state index in [1.165, 1.54) is 4.31 Å². The number of hydrogen-bond donors (Lipinski definition) is 1. The average Bonchev–Trinajstić information content (AvgIpc) is 2.82. The molecular weight excluding hydrogens is 292 g/mol. The van der Waals surface area contributed by atoms with Gasteiger partial charge in [0.25, 0.3) is 10.2 Å². The Balaban J connectivity index is 1.58. The number of carbonyl (C=O) groups is 1. The fourth-order valence-electron chi connectivity index (χ4n) is 2.14. The van der Waals surface area contributed by atoms with Crippen LogP contribution in [0, 0.1) is 0 Å². The van der Waals surface area contributed by atoms with Crippen LogP contribution in [0.1, 0.15) is 29.6 Å². The van der Waals surface area contributed by atoms with Gasteiger partial charge in [-0.15, -0.1) is 0 Å². The fourth-order valence-corrected chi connectivity index (χ4v) is 3.38. The van der Waals surface area contributed by atoms with Crippen LogP contribution in [0.25, 0.3) is 0 Å². The number of ether oxygens (including phenoxy) is 1. The van der Waals surface area contributed by atoms with Crippen molar-refractivity contribution in [3.63, 3.8) is 0 Å². The molecule has 1 aromatic rings. The lowest BCUT2D eigenvalue weighted by molar-refractivity contribution is 0.112. The van der Waals surface area contributed by atoms with Crippen LogP contribution in [0.2, 0.25) is 0 Å². The van der Waals surface area contributed by atoms with E-state index in [2.05, 4.69) is 4.72 Å². The summed E-state index contributed by atoms with van der Waals surface area (Å²) in [4.78, 5) is 10.5. The van der Waals surface area contributed by atoms with Gasteiger partial charge in [-0.25, -0.2) is 4.72 Å². The van der Waals surface area contributed by atoms with Crippen molar-refractivity contribution < 1.29 is 17.9 Å². The predicted molar refractivity (Wildman–Crippen MR) is 79.7 cm³/mol. The van der Waals surface area contributed by atoms with Gasteiger partial charge in [0.05, 0.1) is 6.61 Å². The van der Waals surface area contributed by atoms with Crippen LogP contribution in [0.4, 0.5) is 0 Å². The summed E-state index contributed by atoms with van der Waals surface area (Å²) >= 11 is 0. The molecule has 0 radical (unpaired) electrons. The molecule has 0 bridgehead atoms. The Hall–Kier alpha value is -1.44. The van der Waals surface area contributed by atoms with Gasteiger partial charge >= 0.3 is 0 Å². The highest BCUT2D eigenvalue weighted by Gasteiger charge is 2.26. The molecule has 1 aliphatic heterocycles. The van der Waals surface area contributed by atoms with Crippen molar-refractivity contribution in [1.29, 1.82) is 0 Å². The lowest BCUT2D eigenvalue weighted by Crippen LogP contribution is -2.30. The first kappa shape index (κ1) is 15.9. The molecule has 0 saturated carbocycles. The molecule has 1 aliphatic rings. The summed E-state index contributed by atoms with van der Waals surface area (Å²) < 4.78 is 32.5. The predicted octanol–water partition coefficient (Wildman–Crippen LogP) is 1.20. The maximum absolute atomic E-state index is 11.5. The van der Waals surface area contributed by atoms with Gasteiger partial charge < -0.3 is 4.74 Å². The van der Waals surface area contributed by atoms with E-state index in [1.54, 1.807) is 24.3 Å². The van der Waals surface area contributed by atoms with E-state index in [1.807, 2.05) is 0 Å². The molecule has 0 aliphatic carbocycles. The second-order valence-electron chi connectivity index (χ2n) is 4.89. The van der Waals surface area contributed by atoms with Crippen molar-refractivity contribution in [3.8, 4) is 5.75 Å². The van der Waals surface area contributed by atoms with E-state index in [9.17, 15) is 13.2 Å². The van der Waals surface area contributed by atoms with Gasteiger partial charge in [0.2, 0.25) is 0 Å². The van der Waals surface area contributed by atoms with E-state index in [0.717, 1.165) is 31.3 Å². The zero-order chi connectivity index (χ0) is 15.1. The standard InChI is InChI=1S/C14H20N2O4S/c17-12-13-4-6-14(7-5-13)20-11-3-1-2-9-16-10-8-15-21(16,18)19/h4-7,12,15H,1-3,8-11H2. The van der Waals surface area contributed by atoms with Crippen molar-refractivity contribution >= 4 is 16.5 Å². The van der Waals surface area contributed by atoms with E-state index in [-0.39, 0.29) is 0 Å². The smallest absolute Gasteiger partial charge is 0.279 e. The quantitative estimate of drug-likeness (QED) is 0.578. The summed E-state index contributed by atoms with van der Waals surface area (Å²) in [7, 11) is -3.21. The molecule has 0 spiro atoms. The van der Waals surface area contributed by atoms with Crippen LogP contribution in [-0.2, 0) is 10.2 Å². The maximum atomic E-state index is 11.5. The number of hydrogen-bond acceptors (Lipinski definition) is 4. The number of nitrogens with zero attached hydrogens (tertiary/aromatic N) is 1. The maximum Gasteiger partial charge on any atom is 0.279 e. The molecule has 1 N–H and O–H groups in total. The molecule has 1 heterocycles. The lowest BCUT2D eigenvalue weighted by atomic mass is 10.2. The largest absolute Gasteiger partial charge is 0.494 e. The molecular formula is C14H20N2O4S. The van der Waals surface area contributed by atoms with Crippen LogP contribution in [0.5, 0.6) is 5.75 Å². The summed E-state index contributed by atoms with van der Waals surface area (Å²) in [5.74, 6) is 0.743. The molecule has 6 nitrogen and oxygen atoms in total. The number of unbranched alkanes of at least 4 members (excludes halogenated alkanes) is 2. The Labute approximate surface area is 125 Å². The second kappa shape index (κ2) is 7.53. The molecule has 0 unspecified atom stereocenters. The summed E-state index contributed by atoms with van der Waals surface area (Å²) in [6.07, 6.45) is 3.41. The summed E-state index contributed by atoms with van der Waals surface area (Å²) in [6, 6.07) is 6.97. The number of nitrogens with one attached hydrogen (secondary N) is 1. The number of aldehydes is 1. The van der Waals surface area contributed by atoms with Crippen LogP contribution in [0.15, 0.2) is 24.3 Å². The van der Waals surface area contributed by atoms with Crippen LogP contribution in [-0.4, -0.2) is 45.3 Å². The lowest BCUT2D eigenvalue weighted by Gasteiger charge is -2.12. The van der Waals surface area contributed by atoms with Crippen LogP contribution >= 0.6 is 0 Å². The van der Waals surface area contributed by atoms with Crippen molar-refractivity contribution in [2.45, 2.75) is 19.3 Å². The number of rotatable bonds is 8. The molecule has 2 rings (SSSR count). The normalized spacial score (nSPS) is 17.7. The second-order valence-corrected chi connectivity index (χ2v) is 6.65. The SMILES string of the molecule is O=Cc1ccc(OCCCCCN2CCNS2(=O)=O)cc1. The molecule has 21 heavy (non-hydrogen) atoms.